The van der Waals surface area contributed by atoms with E-state index in [4.69, 9.17) is 0 Å². The number of nitrogens with zero attached hydrogens (tertiary/aromatic N) is 1. The minimum absolute atomic E-state index is 0.0432. The second kappa shape index (κ2) is 8.32. The van der Waals surface area contributed by atoms with Crippen LogP contribution in [0.5, 0.6) is 0 Å². The Hall–Kier alpha value is -2.11. The Labute approximate surface area is 149 Å². The molecule has 1 aromatic carbocycles. The smallest absolute Gasteiger partial charge is 0.225 e. The van der Waals surface area contributed by atoms with Crippen LogP contribution in [0.3, 0.4) is 0 Å². The van der Waals surface area contributed by atoms with Crippen molar-refractivity contribution in [3.63, 3.8) is 0 Å². The summed E-state index contributed by atoms with van der Waals surface area (Å²) in [5.41, 5.74) is 0.556. The molecule has 0 bridgehead atoms. The zero-order valence-corrected chi connectivity index (χ0v) is 15.3. The van der Waals surface area contributed by atoms with Gasteiger partial charge in [-0.2, -0.15) is 0 Å². The first-order chi connectivity index (χ1) is 11.8. The summed E-state index contributed by atoms with van der Waals surface area (Å²) in [4.78, 5) is 26.0. The van der Waals surface area contributed by atoms with Crippen molar-refractivity contribution in [2.45, 2.75) is 46.5 Å². The van der Waals surface area contributed by atoms with Crippen molar-refractivity contribution in [3.8, 4) is 0 Å². The van der Waals surface area contributed by atoms with Crippen LogP contribution in [0.15, 0.2) is 18.2 Å². The van der Waals surface area contributed by atoms with Crippen LogP contribution in [-0.2, 0) is 9.59 Å². The third-order valence-electron chi connectivity index (χ3n) is 4.25. The molecule has 138 valence electrons. The molecule has 1 aliphatic heterocycles. The summed E-state index contributed by atoms with van der Waals surface area (Å²) < 4.78 is 14.2. The van der Waals surface area contributed by atoms with Crippen molar-refractivity contribution in [1.29, 1.82) is 0 Å². The summed E-state index contributed by atoms with van der Waals surface area (Å²) in [6.45, 7) is 7.71. The first-order valence-corrected chi connectivity index (χ1v) is 8.90. The highest BCUT2D eigenvalue weighted by Crippen LogP contribution is 2.31. The van der Waals surface area contributed by atoms with Crippen molar-refractivity contribution < 1.29 is 14.0 Å². The molecule has 0 spiro atoms. The lowest BCUT2D eigenvalue weighted by atomic mass is 9.96. The number of hydrogen-bond acceptors (Lipinski definition) is 3. The van der Waals surface area contributed by atoms with Gasteiger partial charge < -0.3 is 15.5 Å². The van der Waals surface area contributed by atoms with E-state index in [0.717, 1.165) is 31.6 Å². The summed E-state index contributed by atoms with van der Waals surface area (Å²) in [7, 11) is 0. The van der Waals surface area contributed by atoms with E-state index >= 15 is 0 Å². The van der Waals surface area contributed by atoms with Gasteiger partial charge in [0.25, 0.3) is 0 Å². The normalized spacial score (nSPS) is 14.5. The average Bonchev–Trinajstić information content (AvgIpc) is 3.06. The lowest BCUT2D eigenvalue weighted by Crippen LogP contribution is -2.35. The summed E-state index contributed by atoms with van der Waals surface area (Å²) in [6, 6.07) is 4.87. The SMILES string of the molecule is CC(C)(C)C(=O)NCCCC(=O)Nc1c(F)cccc1N1CCCC1. The van der Waals surface area contributed by atoms with Crippen molar-refractivity contribution in [2.24, 2.45) is 5.41 Å². The maximum atomic E-state index is 14.2. The van der Waals surface area contributed by atoms with Gasteiger partial charge in [0.15, 0.2) is 0 Å². The van der Waals surface area contributed by atoms with Crippen LogP contribution < -0.4 is 15.5 Å². The lowest BCUT2D eigenvalue weighted by molar-refractivity contribution is -0.128. The molecule has 2 N–H and O–H groups in total. The number of rotatable bonds is 6. The molecule has 1 aliphatic rings. The highest BCUT2D eigenvalue weighted by atomic mass is 19.1. The van der Waals surface area contributed by atoms with Crippen LogP contribution in [0.4, 0.5) is 15.8 Å². The van der Waals surface area contributed by atoms with E-state index in [-0.39, 0.29) is 23.9 Å². The molecule has 1 fully saturated rings. The highest BCUT2D eigenvalue weighted by Gasteiger charge is 2.21. The van der Waals surface area contributed by atoms with Crippen LogP contribution in [0.2, 0.25) is 0 Å². The first kappa shape index (κ1) is 19.2. The Kier molecular flexibility index (Phi) is 6.39. The minimum atomic E-state index is -0.444. The molecule has 25 heavy (non-hydrogen) atoms. The second-order valence-electron chi connectivity index (χ2n) is 7.49. The summed E-state index contributed by atoms with van der Waals surface area (Å²) in [6.07, 6.45) is 2.91. The van der Waals surface area contributed by atoms with Crippen LogP contribution >= 0.6 is 0 Å². The number of carbonyl (C=O) groups is 2. The lowest BCUT2D eigenvalue weighted by Gasteiger charge is -2.22. The fourth-order valence-corrected chi connectivity index (χ4v) is 2.78. The van der Waals surface area contributed by atoms with Gasteiger partial charge in [0.2, 0.25) is 11.8 Å². The number of nitrogens with one attached hydrogen (secondary N) is 2. The average molecular weight is 349 g/mol. The molecule has 2 rings (SSSR count). The van der Waals surface area contributed by atoms with Crippen LogP contribution in [-0.4, -0.2) is 31.4 Å². The predicted octanol–water partition coefficient (Wildman–Crippen LogP) is 3.31. The van der Waals surface area contributed by atoms with Crippen LogP contribution in [0.25, 0.3) is 0 Å². The molecule has 1 saturated heterocycles. The monoisotopic (exact) mass is 349 g/mol. The van der Waals surface area contributed by atoms with Gasteiger partial charge >= 0.3 is 0 Å². The number of para-hydroxylation sites is 1. The maximum Gasteiger partial charge on any atom is 0.225 e. The van der Waals surface area contributed by atoms with Gasteiger partial charge in [-0.15, -0.1) is 0 Å². The Morgan fingerprint density at radius 2 is 1.88 bits per heavy atom. The summed E-state index contributed by atoms with van der Waals surface area (Å²) in [5.74, 6) is -0.701. The highest BCUT2D eigenvalue weighted by molar-refractivity contribution is 5.94. The minimum Gasteiger partial charge on any atom is -0.370 e. The van der Waals surface area contributed by atoms with Crippen molar-refractivity contribution in [2.75, 3.05) is 29.9 Å². The third-order valence-corrected chi connectivity index (χ3v) is 4.25. The number of halogens is 1. The number of hydrogen-bond donors (Lipinski definition) is 2. The van der Waals surface area contributed by atoms with E-state index in [9.17, 15) is 14.0 Å². The molecular weight excluding hydrogens is 321 g/mol. The molecule has 0 atom stereocenters. The van der Waals surface area contributed by atoms with E-state index in [0.29, 0.717) is 13.0 Å². The van der Waals surface area contributed by atoms with E-state index in [2.05, 4.69) is 15.5 Å². The van der Waals surface area contributed by atoms with Gasteiger partial charge in [-0.25, -0.2) is 4.39 Å². The topological polar surface area (TPSA) is 61.4 Å². The molecular formula is C19H28FN3O2. The van der Waals surface area contributed by atoms with Crippen molar-refractivity contribution >= 4 is 23.2 Å². The van der Waals surface area contributed by atoms with E-state index in [1.54, 1.807) is 6.07 Å². The zero-order valence-electron chi connectivity index (χ0n) is 15.3. The molecule has 6 heteroatoms. The zero-order chi connectivity index (χ0) is 18.4. The van der Waals surface area contributed by atoms with E-state index < -0.39 is 11.2 Å². The van der Waals surface area contributed by atoms with E-state index in [1.165, 1.54) is 6.07 Å². The molecule has 0 radical (unpaired) electrons. The van der Waals surface area contributed by atoms with Crippen LogP contribution in [0.1, 0.15) is 46.5 Å². The van der Waals surface area contributed by atoms with Crippen molar-refractivity contribution in [3.05, 3.63) is 24.0 Å². The van der Waals surface area contributed by atoms with Gasteiger partial charge in [-0.1, -0.05) is 26.8 Å². The van der Waals surface area contributed by atoms with Gasteiger partial charge in [-0.05, 0) is 31.4 Å². The number of carbonyl (C=O) groups excluding carboxylic acids is 2. The van der Waals surface area contributed by atoms with Crippen LogP contribution in [0, 0.1) is 11.2 Å². The summed E-state index contributed by atoms with van der Waals surface area (Å²) in [5, 5.41) is 5.51. The van der Waals surface area contributed by atoms with Gasteiger partial charge in [0.05, 0.1) is 5.69 Å². The van der Waals surface area contributed by atoms with E-state index in [1.807, 2.05) is 26.8 Å². The standard InChI is InChI=1S/C19H28FN3O2/c1-19(2,3)18(25)21-11-7-10-16(24)22-17-14(20)8-6-9-15(17)23-12-4-5-13-23/h6,8-9H,4-5,7,10-13H2,1-3H3,(H,21,25)(H,22,24). The van der Waals surface area contributed by atoms with Gasteiger partial charge in [0, 0.05) is 31.5 Å². The number of benzene rings is 1. The summed E-state index contributed by atoms with van der Waals surface area (Å²) >= 11 is 0. The number of amides is 2. The molecule has 1 aromatic rings. The molecule has 0 aromatic heterocycles. The third kappa shape index (κ3) is 5.44. The second-order valence-corrected chi connectivity index (χ2v) is 7.49. The molecule has 0 saturated carbocycles. The fourth-order valence-electron chi connectivity index (χ4n) is 2.78. The molecule has 5 nitrogen and oxygen atoms in total. The molecule has 0 aliphatic carbocycles. The Morgan fingerprint density at radius 3 is 2.52 bits per heavy atom. The number of anilines is 2. The van der Waals surface area contributed by atoms with Gasteiger partial charge in [-0.3, -0.25) is 9.59 Å². The Bertz CT molecular complexity index is 620. The fraction of sp³-hybridized carbons (Fsp3) is 0.579. The van der Waals surface area contributed by atoms with Crippen molar-refractivity contribution in [1.82, 2.24) is 5.32 Å². The molecule has 0 unspecified atom stereocenters. The quantitative estimate of drug-likeness (QED) is 0.775. The molecule has 1 heterocycles. The maximum absolute atomic E-state index is 14.2. The van der Waals surface area contributed by atoms with Gasteiger partial charge in [0.1, 0.15) is 11.5 Å². The molecule has 2 amide bonds. The first-order valence-electron chi connectivity index (χ1n) is 8.90. The predicted molar refractivity (Wildman–Crippen MR) is 98.2 cm³/mol. The Balaban J connectivity index is 1.87. The Morgan fingerprint density at radius 1 is 1.20 bits per heavy atom. The largest absolute Gasteiger partial charge is 0.370 e.